The second kappa shape index (κ2) is 7.43. The van der Waals surface area contributed by atoms with E-state index in [1.54, 1.807) is 17.0 Å². The highest BCUT2D eigenvalue weighted by molar-refractivity contribution is 5.96. The van der Waals surface area contributed by atoms with Gasteiger partial charge in [0.25, 0.3) is 5.91 Å². The number of halogens is 2. The van der Waals surface area contributed by atoms with Gasteiger partial charge in [-0.25, -0.2) is 4.39 Å². The lowest BCUT2D eigenvalue weighted by molar-refractivity contribution is -0.131. The minimum absolute atomic E-state index is 0. The van der Waals surface area contributed by atoms with Gasteiger partial charge in [0, 0.05) is 25.3 Å². The van der Waals surface area contributed by atoms with Gasteiger partial charge >= 0.3 is 0 Å². The fourth-order valence-corrected chi connectivity index (χ4v) is 1.98. The van der Waals surface area contributed by atoms with Crippen molar-refractivity contribution in [2.75, 3.05) is 31.1 Å². The van der Waals surface area contributed by atoms with Crippen molar-refractivity contribution >= 4 is 24.0 Å². The standard InChI is InChI=1S/C13H17FN2O2.ClH/c1-2-16(11-5-3-10(14)4-6-11)13(17)12-9-15-7-8-18-12;/h3-6,12,15H,2,7-9H2,1H3;1H. The lowest BCUT2D eigenvalue weighted by atomic mass is 10.2. The van der Waals surface area contributed by atoms with Crippen molar-refractivity contribution in [2.45, 2.75) is 13.0 Å². The minimum Gasteiger partial charge on any atom is -0.366 e. The second-order valence-electron chi connectivity index (χ2n) is 4.12. The van der Waals surface area contributed by atoms with Crippen molar-refractivity contribution in [2.24, 2.45) is 0 Å². The van der Waals surface area contributed by atoms with E-state index in [9.17, 15) is 9.18 Å². The summed E-state index contributed by atoms with van der Waals surface area (Å²) in [6, 6.07) is 5.91. The van der Waals surface area contributed by atoms with Crippen molar-refractivity contribution in [1.29, 1.82) is 0 Å². The zero-order valence-electron chi connectivity index (χ0n) is 10.8. The van der Waals surface area contributed by atoms with E-state index in [0.717, 1.165) is 6.54 Å². The molecule has 1 aliphatic heterocycles. The molecule has 2 rings (SSSR count). The van der Waals surface area contributed by atoms with Gasteiger partial charge in [0.05, 0.1) is 6.61 Å². The van der Waals surface area contributed by atoms with Gasteiger partial charge in [-0.1, -0.05) is 0 Å². The molecule has 1 fully saturated rings. The first-order valence-corrected chi connectivity index (χ1v) is 6.11. The van der Waals surface area contributed by atoms with E-state index in [1.807, 2.05) is 6.92 Å². The zero-order chi connectivity index (χ0) is 13.0. The molecule has 1 N–H and O–H groups in total. The van der Waals surface area contributed by atoms with Gasteiger partial charge in [0.1, 0.15) is 11.9 Å². The average Bonchev–Trinajstić information content (AvgIpc) is 2.42. The van der Waals surface area contributed by atoms with Gasteiger partial charge in [-0.05, 0) is 31.2 Å². The number of ether oxygens (including phenoxy) is 1. The molecule has 1 saturated heterocycles. The van der Waals surface area contributed by atoms with Crippen LogP contribution in [0.25, 0.3) is 0 Å². The Labute approximate surface area is 118 Å². The van der Waals surface area contributed by atoms with Gasteiger partial charge < -0.3 is 15.0 Å². The van der Waals surface area contributed by atoms with Crippen molar-refractivity contribution in [3.63, 3.8) is 0 Å². The predicted molar refractivity (Wildman–Crippen MR) is 74.3 cm³/mol. The third kappa shape index (κ3) is 3.89. The molecule has 1 aromatic rings. The van der Waals surface area contributed by atoms with E-state index < -0.39 is 6.10 Å². The summed E-state index contributed by atoms with van der Waals surface area (Å²) in [5.74, 6) is -0.394. The maximum absolute atomic E-state index is 12.9. The molecule has 4 nitrogen and oxygen atoms in total. The van der Waals surface area contributed by atoms with Gasteiger partial charge in [0.15, 0.2) is 0 Å². The van der Waals surface area contributed by atoms with Crippen molar-refractivity contribution in [3.8, 4) is 0 Å². The number of morpholine rings is 1. The first-order chi connectivity index (χ1) is 8.72. The Bertz CT molecular complexity index is 408. The maximum atomic E-state index is 12.9. The van der Waals surface area contributed by atoms with E-state index in [-0.39, 0.29) is 24.1 Å². The largest absolute Gasteiger partial charge is 0.366 e. The highest BCUT2D eigenvalue weighted by Gasteiger charge is 2.26. The predicted octanol–water partition coefficient (Wildman–Crippen LogP) is 1.59. The van der Waals surface area contributed by atoms with Crippen LogP contribution in [0.15, 0.2) is 24.3 Å². The van der Waals surface area contributed by atoms with Gasteiger partial charge in [-0.3, -0.25) is 4.79 Å². The molecule has 0 radical (unpaired) electrons. The summed E-state index contributed by atoms with van der Waals surface area (Å²) in [4.78, 5) is 13.9. The first-order valence-electron chi connectivity index (χ1n) is 6.11. The van der Waals surface area contributed by atoms with Crippen LogP contribution in [0.1, 0.15) is 6.92 Å². The molecular weight excluding hydrogens is 271 g/mol. The smallest absolute Gasteiger partial charge is 0.257 e. The van der Waals surface area contributed by atoms with Crippen LogP contribution in [0.4, 0.5) is 10.1 Å². The number of nitrogens with zero attached hydrogens (tertiary/aromatic N) is 1. The zero-order valence-corrected chi connectivity index (χ0v) is 11.6. The minimum atomic E-state index is -0.455. The Kier molecular flexibility index (Phi) is 6.21. The Morgan fingerprint density at radius 2 is 2.16 bits per heavy atom. The van der Waals surface area contributed by atoms with Crippen LogP contribution >= 0.6 is 12.4 Å². The van der Waals surface area contributed by atoms with E-state index in [0.29, 0.717) is 25.4 Å². The fourth-order valence-electron chi connectivity index (χ4n) is 1.98. The lowest BCUT2D eigenvalue weighted by Crippen LogP contribution is -2.49. The van der Waals surface area contributed by atoms with E-state index in [2.05, 4.69) is 5.32 Å². The first kappa shape index (κ1) is 15.9. The molecule has 1 atom stereocenters. The Morgan fingerprint density at radius 3 is 2.68 bits per heavy atom. The number of hydrogen-bond donors (Lipinski definition) is 1. The average molecular weight is 289 g/mol. The number of likely N-dealkylation sites (N-methyl/N-ethyl adjacent to an activating group) is 1. The molecule has 1 aliphatic rings. The highest BCUT2D eigenvalue weighted by Crippen LogP contribution is 2.16. The molecule has 0 aliphatic carbocycles. The number of anilines is 1. The topological polar surface area (TPSA) is 41.6 Å². The second-order valence-corrected chi connectivity index (χ2v) is 4.12. The van der Waals surface area contributed by atoms with Crippen LogP contribution < -0.4 is 10.2 Å². The van der Waals surface area contributed by atoms with Gasteiger partial charge in [-0.2, -0.15) is 0 Å². The molecular formula is C13H18ClFN2O2. The summed E-state index contributed by atoms with van der Waals surface area (Å²) < 4.78 is 18.3. The van der Waals surface area contributed by atoms with Gasteiger partial charge in [-0.15, -0.1) is 12.4 Å². The number of amides is 1. The molecule has 6 heteroatoms. The van der Waals surface area contributed by atoms with Crippen molar-refractivity contribution < 1.29 is 13.9 Å². The van der Waals surface area contributed by atoms with Gasteiger partial charge in [0.2, 0.25) is 0 Å². The highest BCUT2D eigenvalue weighted by atomic mass is 35.5. The van der Waals surface area contributed by atoms with Crippen molar-refractivity contribution in [1.82, 2.24) is 5.32 Å². The molecule has 106 valence electrons. The van der Waals surface area contributed by atoms with Crippen LogP contribution in [-0.2, 0) is 9.53 Å². The quantitative estimate of drug-likeness (QED) is 0.918. The van der Waals surface area contributed by atoms with Crippen LogP contribution in [0.2, 0.25) is 0 Å². The molecule has 0 bridgehead atoms. The molecule has 1 amide bonds. The number of rotatable bonds is 3. The summed E-state index contributed by atoms with van der Waals surface area (Å²) in [6.45, 7) is 4.25. The van der Waals surface area contributed by atoms with Crippen molar-refractivity contribution in [3.05, 3.63) is 30.1 Å². The lowest BCUT2D eigenvalue weighted by Gasteiger charge is -2.29. The van der Waals surface area contributed by atoms with Crippen LogP contribution in [0.3, 0.4) is 0 Å². The monoisotopic (exact) mass is 288 g/mol. The number of nitrogens with one attached hydrogen (secondary N) is 1. The summed E-state index contributed by atoms with van der Waals surface area (Å²) >= 11 is 0. The third-order valence-corrected chi connectivity index (χ3v) is 2.92. The maximum Gasteiger partial charge on any atom is 0.257 e. The molecule has 0 aromatic heterocycles. The Hall–Kier alpha value is -1.17. The summed E-state index contributed by atoms with van der Waals surface area (Å²) in [7, 11) is 0. The van der Waals surface area contributed by atoms with E-state index in [4.69, 9.17) is 4.74 Å². The van der Waals surface area contributed by atoms with E-state index >= 15 is 0 Å². The van der Waals surface area contributed by atoms with Crippen LogP contribution in [0, 0.1) is 5.82 Å². The molecule has 1 unspecified atom stereocenters. The molecule has 19 heavy (non-hydrogen) atoms. The van der Waals surface area contributed by atoms with E-state index in [1.165, 1.54) is 12.1 Å². The molecule has 1 aromatic carbocycles. The molecule has 0 spiro atoms. The number of hydrogen-bond acceptors (Lipinski definition) is 3. The molecule has 0 saturated carbocycles. The number of carbonyl (C=O) groups is 1. The summed E-state index contributed by atoms with van der Waals surface area (Å²) in [6.07, 6.45) is -0.455. The summed E-state index contributed by atoms with van der Waals surface area (Å²) in [5, 5.41) is 3.12. The number of carbonyl (C=O) groups excluding carboxylic acids is 1. The van der Waals surface area contributed by atoms with Crippen LogP contribution in [0.5, 0.6) is 0 Å². The Balaban J connectivity index is 0.00000180. The summed E-state index contributed by atoms with van der Waals surface area (Å²) in [5.41, 5.74) is 0.693. The SMILES string of the molecule is CCN(C(=O)C1CNCCO1)c1ccc(F)cc1.Cl. The Morgan fingerprint density at radius 1 is 1.47 bits per heavy atom. The van der Waals surface area contributed by atoms with Crippen LogP contribution in [-0.4, -0.2) is 38.3 Å². The third-order valence-electron chi connectivity index (χ3n) is 2.92. The molecule has 1 heterocycles. The fraction of sp³-hybridized carbons (Fsp3) is 0.462. The normalized spacial score (nSPS) is 18.5. The number of benzene rings is 1.